The Balaban J connectivity index is 2.35. The fourth-order valence-corrected chi connectivity index (χ4v) is 1.47. The van der Waals surface area contributed by atoms with Gasteiger partial charge < -0.3 is 19.3 Å². The summed E-state index contributed by atoms with van der Waals surface area (Å²) in [7, 11) is 0. The van der Waals surface area contributed by atoms with Gasteiger partial charge in [-0.2, -0.15) is 5.26 Å². The molecule has 6 heteroatoms. The molecular formula is C12H9NO5. The van der Waals surface area contributed by atoms with Crippen LogP contribution in [0.25, 0.3) is 6.08 Å². The molecule has 0 aliphatic carbocycles. The van der Waals surface area contributed by atoms with Crippen LogP contribution in [-0.4, -0.2) is 24.5 Å². The van der Waals surface area contributed by atoms with E-state index in [1.54, 1.807) is 12.1 Å². The molecule has 0 fully saturated rings. The van der Waals surface area contributed by atoms with Crippen molar-refractivity contribution in [3.63, 3.8) is 0 Å². The highest BCUT2D eigenvalue weighted by molar-refractivity contribution is 5.86. The number of rotatable bonds is 4. The first kappa shape index (κ1) is 11.8. The van der Waals surface area contributed by atoms with E-state index in [1.807, 2.05) is 6.07 Å². The quantitative estimate of drug-likeness (QED) is 0.809. The van der Waals surface area contributed by atoms with E-state index >= 15 is 0 Å². The van der Waals surface area contributed by atoms with E-state index < -0.39 is 5.97 Å². The number of hydrogen-bond acceptors (Lipinski definition) is 5. The summed E-state index contributed by atoms with van der Waals surface area (Å²) in [4.78, 5) is 10.5. The summed E-state index contributed by atoms with van der Waals surface area (Å²) in [6.45, 7) is -0.0212. The van der Waals surface area contributed by atoms with Crippen molar-refractivity contribution < 1.29 is 24.1 Å². The Morgan fingerprint density at radius 2 is 2.22 bits per heavy atom. The smallest absolute Gasteiger partial charge is 0.328 e. The summed E-state index contributed by atoms with van der Waals surface area (Å²) < 4.78 is 15.6. The van der Waals surface area contributed by atoms with Crippen LogP contribution in [0.15, 0.2) is 18.2 Å². The Labute approximate surface area is 103 Å². The van der Waals surface area contributed by atoms with Crippen LogP contribution in [0.2, 0.25) is 0 Å². The molecule has 1 N–H and O–H groups in total. The van der Waals surface area contributed by atoms with Crippen molar-refractivity contribution in [1.82, 2.24) is 0 Å². The summed E-state index contributed by atoms with van der Waals surface area (Å²) in [5, 5.41) is 17.1. The number of nitriles is 1. The van der Waals surface area contributed by atoms with Crippen molar-refractivity contribution in [3.05, 3.63) is 23.8 Å². The van der Waals surface area contributed by atoms with Crippen LogP contribution in [0.4, 0.5) is 0 Å². The first-order valence-electron chi connectivity index (χ1n) is 5.05. The lowest BCUT2D eigenvalue weighted by Crippen LogP contribution is -1.96. The van der Waals surface area contributed by atoms with Crippen molar-refractivity contribution in [3.8, 4) is 23.3 Å². The van der Waals surface area contributed by atoms with Crippen LogP contribution in [0.5, 0.6) is 17.2 Å². The summed E-state index contributed by atoms with van der Waals surface area (Å²) >= 11 is 0. The fraction of sp³-hybridized carbons (Fsp3) is 0.167. The number of carbonyl (C=O) groups is 1. The van der Waals surface area contributed by atoms with Gasteiger partial charge in [-0.05, 0) is 12.1 Å². The molecule has 2 rings (SSSR count). The minimum absolute atomic E-state index is 0.110. The number of aliphatic carboxylic acids is 1. The third kappa shape index (κ3) is 2.52. The molecule has 1 aliphatic heterocycles. The van der Waals surface area contributed by atoms with Gasteiger partial charge in [-0.15, -0.1) is 0 Å². The van der Waals surface area contributed by atoms with Crippen LogP contribution < -0.4 is 14.2 Å². The molecule has 92 valence electrons. The van der Waals surface area contributed by atoms with Crippen molar-refractivity contribution in [2.45, 2.75) is 0 Å². The molecule has 0 unspecified atom stereocenters. The largest absolute Gasteiger partial charge is 0.478 e. The molecule has 1 aromatic rings. The Hall–Kier alpha value is -2.68. The molecule has 6 nitrogen and oxygen atoms in total. The van der Waals surface area contributed by atoms with Gasteiger partial charge >= 0.3 is 5.97 Å². The molecule has 0 aromatic heterocycles. The second kappa shape index (κ2) is 5.10. The Morgan fingerprint density at radius 3 is 2.89 bits per heavy atom. The number of benzene rings is 1. The molecular weight excluding hydrogens is 238 g/mol. The van der Waals surface area contributed by atoms with E-state index in [2.05, 4.69) is 0 Å². The van der Waals surface area contributed by atoms with Crippen LogP contribution in [0.1, 0.15) is 5.56 Å². The van der Waals surface area contributed by atoms with E-state index in [4.69, 9.17) is 24.6 Å². The molecule has 0 spiro atoms. The Morgan fingerprint density at radius 1 is 1.50 bits per heavy atom. The van der Waals surface area contributed by atoms with Gasteiger partial charge in [0.15, 0.2) is 18.1 Å². The summed E-state index contributed by atoms with van der Waals surface area (Å²) in [6.07, 6.45) is 2.35. The predicted molar refractivity (Wildman–Crippen MR) is 60.3 cm³/mol. The maximum atomic E-state index is 10.5. The third-order valence-electron chi connectivity index (χ3n) is 2.20. The van der Waals surface area contributed by atoms with E-state index in [9.17, 15) is 4.79 Å². The zero-order valence-electron chi connectivity index (χ0n) is 9.25. The third-order valence-corrected chi connectivity index (χ3v) is 2.20. The minimum atomic E-state index is -1.07. The molecule has 0 saturated carbocycles. The SMILES string of the molecule is N#CCOc1cc2c(cc1/C=C/C(=O)O)OCO2. The lowest BCUT2D eigenvalue weighted by Gasteiger charge is -2.07. The zero-order chi connectivity index (χ0) is 13.0. The highest BCUT2D eigenvalue weighted by Crippen LogP contribution is 2.38. The molecule has 0 saturated heterocycles. The van der Waals surface area contributed by atoms with Gasteiger partial charge in [0.2, 0.25) is 6.79 Å². The van der Waals surface area contributed by atoms with Crippen LogP contribution in [0, 0.1) is 11.3 Å². The molecule has 0 amide bonds. The fourth-order valence-electron chi connectivity index (χ4n) is 1.47. The number of carboxylic acids is 1. The lowest BCUT2D eigenvalue weighted by atomic mass is 10.1. The highest BCUT2D eigenvalue weighted by atomic mass is 16.7. The normalized spacial score (nSPS) is 12.4. The van der Waals surface area contributed by atoms with Gasteiger partial charge in [0.05, 0.1) is 0 Å². The molecule has 0 atom stereocenters. The van der Waals surface area contributed by atoms with E-state index in [0.717, 1.165) is 6.08 Å². The molecule has 1 aliphatic rings. The number of carboxylic acid groups (broad SMARTS) is 1. The topological polar surface area (TPSA) is 88.8 Å². The van der Waals surface area contributed by atoms with Crippen molar-refractivity contribution in [2.75, 3.05) is 13.4 Å². The summed E-state index contributed by atoms with van der Waals surface area (Å²) in [6, 6.07) is 5.02. The summed E-state index contributed by atoms with van der Waals surface area (Å²) in [5.74, 6) is 0.331. The molecule has 1 heterocycles. The zero-order valence-corrected chi connectivity index (χ0v) is 9.25. The standard InChI is InChI=1S/C12H9NO5/c13-3-4-16-9-6-11-10(17-7-18-11)5-8(9)1-2-12(14)15/h1-2,5-6H,4,7H2,(H,14,15)/b2-1+. The van der Waals surface area contributed by atoms with Crippen molar-refractivity contribution >= 4 is 12.0 Å². The Bertz CT molecular complexity index is 544. The average molecular weight is 247 g/mol. The number of nitrogens with zero attached hydrogens (tertiary/aromatic N) is 1. The first-order chi connectivity index (χ1) is 8.70. The predicted octanol–water partition coefficient (Wildman–Crippen LogP) is 1.42. The minimum Gasteiger partial charge on any atom is -0.478 e. The van der Waals surface area contributed by atoms with Gasteiger partial charge in [-0.25, -0.2) is 4.79 Å². The van der Waals surface area contributed by atoms with Gasteiger partial charge in [0, 0.05) is 17.7 Å². The van der Waals surface area contributed by atoms with E-state index in [-0.39, 0.29) is 13.4 Å². The van der Waals surface area contributed by atoms with Crippen molar-refractivity contribution in [2.24, 2.45) is 0 Å². The monoisotopic (exact) mass is 247 g/mol. The van der Waals surface area contributed by atoms with Crippen LogP contribution in [-0.2, 0) is 4.79 Å². The van der Waals surface area contributed by atoms with Gasteiger partial charge in [0.25, 0.3) is 0 Å². The molecule has 0 bridgehead atoms. The van der Waals surface area contributed by atoms with Gasteiger partial charge in [0.1, 0.15) is 11.8 Å². The highest BCUT2D eigenvalue weighted by Gasteiger charge is 2.17. The molecule has 18 heavy (non-hydrogen) atoms. The number of hydrogen-bond donors (Lipinski definition) is 1. The van der Waals surface area contributed by atoms with Crippen LogP contribution in [0.3, 0.4) is 0 Å². The van der Waals surface area contributed by atoms with E-state index in [0.29, 0.717) is 22.8 Å². The molecule has 1 aromatic carbocycles. The number of ether oxygens (including phenoxy) is 3. The van der Waals surface area contributed by atoms with Gasteiger partial charge in [-0.3, -0.25) is 0 Å². The maximum Gasteiger partial charge on any atom is 0.328 e. The van der Waals surface area contributed by atoms with E-state index in [1.165, 1.54) is 6.08 Å². The maximum absolute atomic E-state index is 10.5. The summed E-state index contributed by atoms with van der Waals surface area (Å²) in [5.41, 5.74) is 0.511. The second-order valence-corrected chi connectivity index (χ2v) is 3.36. The first-order valence-corrected chi connectivity index (χ1v) is 5.05. The van der Waals surface area contributed by atoms with Crippen LogP contribution >= 0.6 is 0 Å². The van der Waals surface area contributed by atoms with Crippen molar-refractivity contribution in [1.29, 1.82) is 5.26 Å². The second-order valence-electron chi connectivity index (χ2n) is 3.36. The Kier molecular flexibility index (Phi) is 3.34. The number of fused-ring (bicyclic) bond motifs is 1. The lowest BCUT2D eigenvalue weighted by molar-refractivity contribution is -0.131. The van der Waals surface area contributed by atoms with Gasteiger partial charge in [-0.1, -0.05) is 0 Å². The molecule has 0 radical (unpaired) electrons. The average Bonchev–Trinajstić information content (AvgIpc) is 2.79.